The van der Waals surface area contributed by atoms with Gasteiger partial charge >= 0.3 is 5.69 Å². The van der Waals surface area contributed by atoms with Crippen LogP contribution in [0.1, 0.15) is 43.6 Å². The zero-order valence-corrected chi connectivity index (χ0v) is 9.87. The molecule has 0 atom stereocenters. The average molecular weight is 237 g/mol. The molecule has 1 aromatic rings. The van der Waals surface area contributed by atoms with E-state index < -0.39 is 0 Å². The van der Waals surface area contributed by atoms with E-state index in [4.69, 9.17) is 22.7 Å². The number of hydrogen-bond acceptors (Lipinski definition) is 2. The Kier molecular flexibility index (Phi) is 3.31. The van der Waals surface area contributed by atoms with E-state index in [0.717, 1.165) is 18.4 Å². The molecule has 2 rings (SSSR count). The average Bonchev–Trinajstić information content (AvgIpc) is 2.31. The van der Waals surface area contributed by atoms with Crippen LogP contribution >= 0.6 is 11.6 Å². The largest absolute Gasteiger partial charge is 0.426 e. The van der Waals surface area contributed by atoms with Gasteiger partial charge in [-0.25, -0.2) is 0 Å². The Morgan fingerprint density at radius 2 is 1.94 bits per heavy atom. The molecule has 16 heavy (non-hydrogen) atoms. The van der Waals surface area contributed by atoms with Crippen LogP contribution in [0.3, 0.4) is 0 Å². The first-order valence-electron chi connectivity index (χ1n) is 5.67. The first-order chi connectivity index (χ1) is 7.74. The van der Waals surface area contributed by atoms with E-state index in [9.17, 15) is 0 Å². The molecular formula is C12H15ClN3+. The zero-order chi connectivity index (χ0) is 11.5. The highest BCUT2D eigenvalue weighted by Crippen LogP contribution is 2.42. The molecule has 0 heterocycles. The molecule has 1 aromatic carbocycles. The number of halogens is 1. The van der Waals surface area contributed by atoms with E-state index in [1.165, 1.54) is 19.3 Å². The fraction of sp³-hybridized carbons (Fsp3) is 0.500. The molecule has 2 N–H and O–H groups in total. The minimum absolute atomic E-state index is 0.310. The summed E-state index contributed by atoms with van der Waals surface area (Å²) in [7, 11) is 0. The highest BCUT2D eigenvalue weighted by Gasteiger charge is 2.25. The van der Waals surface area contributed by atoms with Crippen LogP contribution in [0.15, 0.2) is 12.1 Å². The monoisotopic (exact) mass is 236 g/mol. The smallest absolute Gasteiger partial charge is 0.392 e. The maximum absolute atomic E-state index is 8.88. The van der Waals surface area contributed by atoms with Crippen molar-refractivity contribution in [1.82, 2.24) is 0 Å². The van der Waals surface area contributed by atoms with Crippen molar-refractivity contribution >= 4 is 23.0 Å². The number of nitrogens with zero attached hydrogens (tertiary/aromatic N) is 2. The number of diazo groups is 1. The highest BCUT2D eigenvalue weighted by molar-refractivity contribution is 6.34. The van der Waals surface area contributed by atoms with Crippen molar-refractivity contribution < 1.29 is 0 Å². The van der Waals surface area contributed by atoms with E-state index in [1.54, 1.807) is 6.07 Å². The van der Waals surface area contributed by atoms with Gasteiger partial charge in [-0.15, -0.1) is 0 Å². The molecule has 0 saturated heterocycles. The Bertz CT molecular complexity index is 431. The van der Waals surface area contributed by atoms with Crippen molar-refractivity contribution in [2.24, 2.45) is 0 Å². The van der Waals surface area contributed by atoms with Crippen LogP contribution in [-0.4, -0.2) is 0 Å². The van der Waals surface area contributed by atoms with Crippen LogP contribution in [0.5, 0.6) is 0 Å². The molecular weight excluding hydrogens is 222 g/mol. The molecule has 3 nitrogen and oxygen atoms in total. The summed E-state index contributed by atoms with van der Waals surface area (Å²) in [5.41, 5.74) is 7.50. The molecule has 1 fully saturated rings. The number of benzene rings is 1. The number of hydrogen-bond donors (Lipinski definition) is 1. The van der Waals surface area contributed by atoms with Crippen LogP contribution in [0.4, 0.5) is 11.4 Å². The molecule has 0 unspecified atom stereocenters. The van der Waals surface area contributed by atoms with Crippen LogP contribution < -0.4 is 5.73 Å². The second kappa shape index (κ2) is 4.71. The van der Waals surface area contributed by atoms with Gasteiger partial charge in [0.1, 0.15) is 10.7 Å². The minimum Gasteiger partial charge on any atom is -0.392 e. The predicted octanol–water partition coefficient (Wildman–Crippen LogP) is 4.45. The zero-order valence-electron chi connectivity index (χ0n) is 9.12. The standard InChI is InChI=1S/C12H15ClN3/c13-11-9(8-4-2-1-3-5-8)6-7-10(14)12(11)16-15/h6-8H,1-5,14H2/q+1. The Morgan fingerprint density at radius 3 is 2.56 bits per heavy atom. The Hall–Kier alpha value is -1.27. The van der Waals surface area contributed by atoms with Gasteiger partial charge in [0, 0.05) is 0 Å². The molecule has 0 bridgehead atoms. The minimum atomic E-state index is 0.310. The Morgan fingerprint density at radius 1 is 1.25 bits per heavy atom. The van der Waals surface area contributed by atoms with Gasteiger partial charge in [0.2, 0.25) is 5.39 Å². The third-order valence-corrected chi connectivity index (χ3v) is 3.72. The quantitative estimate of drug-likeness (QED) is 0.578. The molecule has 0 spiro atoms. The maximum atomic E-state index is 8.88. The van der Waals surface area contributed by atoms with Crippen LogP contribution in [0.2, 0.25) is 5.02 Å². The van der Waals surface area contributed by atoms with Gasteiger partial charge < -0.3 is 5.73 Å². The van der Waals surface area contributed by atoms with E-state index >= 15 is 0 Å². The third kappa shape index (κ3) is 1.98. The lowest BCUT2D eigenvalue weighted by atomic mass is 9.84. The van der Waals surface area contributed by atoms with Gasteiger partial charge in [0.15, 0.2) is 4.98 Å². The Labute approximate surface area is 100 Å². The van der Waals surface area contributed by atoms with Crippen LogP contribution in [-0.2, 0) is 0 Å². The fourth-order valence-electron chi connectivity index (χ4n) is 2.43. The topological polar surface area (TPSA) is 54.2 Å². The summed E-state index contributed by atoms with van der Waals surface area (Å²) in [5.74, 6) is 0.488. The van der Waals surface area contributed by atoms with Crippen molar-refractivity contribution in [3.8, 4) is 0 Å². The summed E-state index contributed by atoms with van der Waals surface area (Å²) in [5, 5.41) is 9.39. The van der Waals surface area contributed by atoms with E-state index in [1.807, 2.05) is 6.07 Å². The summed E-state index contributed by atoms with van der Waals surface area (Å²) in [4.78, 5) is 3.17. The van der Waals surface area contributed by atoms with E-state index in [2.05, 4.69) is 4.98 Å². The second-order valence-corrected chi connectivity index (χ2v) is 4.72. The van der Waals surface area contributed by atoms with E-state index in [0.29, 0.717) is 22.3 Å². The molecule has 1 saturated carbocycles. The lowest BCUT2D eigenvalue weighted by Gasteiger charge is -2.22. The summed E-state index contributed by atoms with van der Waals surface area (Å²) in [6.07, 6.45) is 6.12. The van der Waals surface area contributed by atoms with Crippen molar-refractivity contribution in [3.63, 3.8) is 0 Å². The predicted molar refractivity (Wildman–Crippen MR) is 66.4 cm³/mol. The summed E-state index contributed by atoms with van der Waals surface area (Å²) < 4.78 is 0. The van der Waals surface area contributed by atoms with Gasteiger partial charge in [-0.05, 0) is 30.4 Å². The van der Waals surface area contributed by atoms with Crippen molar-refractivity contribution in [3.05, 3.63) is 27.7 Å². The van der Waals surface area contributed by atoms with Crippen LogP contribution in [0.25, 0.3) is 4.98 Å². The number of rotatable bonds is 1. The molecule has 4 heteroatoms. The fourth-order valence-corrected chi connectivity index (χ4v) is 2.79. The first kappa shape index (κ1) is 11.2. The van der Waals surface area contributed by atoms with E-state index in [-0.39, 0.29) is 0 Å². The second-order valence-electron chi connectivity index (χ2n) is 4.34. The van der Waals surface area contributed by atoms with Crippen molar-refractivity contribution in [2.45, 2.75) is 38.0 Å². The number of nitrogens with two attached hydrogens (primary N) is 1. The normalized spacial score (nSPS) is 17.0. The lowest BCUT2D eigenvalue weighted by Crippen LogP contribution is -2.05. The van der Waals surface area contributed by atoms with Gasteiger partial charge in [-0.1, -0.05) is 36.9 Å². The molecule has 0 aliphatic heterocycles. The lowest BCUT2D eigenvalue weighted by molar-refractivity contribution is 0.444. The van der Waals surface area contributed by atoms with Crippen molar-refractivity contribution in [1.29, 1.82) is 5.39 Å². The first-order valence-corrected chi connectivity index (χ1v) is 6.05. The summed E-state index contributed by atoms with van der Waals surface area (Å²) in [6.45, 7) is 0. The maximum Gasteiger partial charge on any atom is 0.426 e. The molecule has 1 aliphatic rings. The number of anilines is 1. The highest BCUT2D eigenvalue weighted by atomic mass is 35.5. The summed E-state index contributed by atoms with van der Waals surface area (Å²) in [6, 6.07) is 3.73. The van der Waals surface area contributed by atoms with Gasteiger partial charge in [0.25, 0.3) is 0 Å². The summed E-state index contributed by atoms with van der Waals surface area (Å²) >= 11 is 6.21. The molecule has 1 aliphatic carbocycles. The molecule has 0 amide bonds. The number of nitrogen functional groups attached to an aromatic ring is 1. The third-order valence-electron chi connectivity index (χ3n) is 3.32. The molecule has 84 valence electrons. The Balaban J connectivity index is 2.38. The van der Waals surface area contributed by atoms with Crippen LogP contribution in [0, 0.1) is 5.39 Å². The van der Waals surface area contributed by atoms with Gasteiger partial charge in [0.05, 0.1) is 0 Å². The van der Waals surface area contributed by atoms with Gasteiger partial charge in [-0.3, -0.25) is 0 Å². The van der Waals surface area contributed by atoms with Gasteiger partial charge in [-0.2, -0.15) is 0 Å². The molecule has 0 radical (unpaired) electrons. The SMILES string of the molecule is N#[N+]c1c(N)ccc(C2CCCCC2)c1Cl. The van der Waals surface area contributed by atoms with Crippen molar-refractivity contribution in [2.75, 3.05) is 5.73 Å². The molecule has 0 aromatic heterocycles.